The predicted molar refractivity (Wildman–Crippen MR) is 69.8 cm³/mol. The van der Waals surface area contributed by atoms with Crippen LogP contribution in [0.5, 0.6) is 0 Å². The summed E-state index contributed by atoms with van der Waals surface area (Å²) >= 11 is 0. The molecule has 16 heavy (non-hydrogen) atoms. The fourth-order valence-corrected chi connectivity index (χ4v) is 2.68. The maximum Gasteiger partial charge on any atom is 0.0462 e. The summed E-state index contributed by atoms with van der Waals surface area (Å²) < 4.78 is 5.05. The molecule has 1 rings (SSSR count). The second-order valence-corrected chi connectivity index (χ2v) is 5.19. The van der Waals surface area contributed by atoms with Crippen LogP contribution in [0.2, 0.25) is 0 Å². The zero-order valence-electron chi connectivity index (χ0n) is 11.1. The molecule has 1 N–H and O–H groups in total. The van der Waals surface area contributed by atoms with E-state index in [1.54, 1.807) is 7.11 Å². The highest BCUT2D eigenvalue weighted by Gasteiger charge is 2.17. The average molecular weight is 227 g/mol. The molecule has 0 saturated heterocycles. The van der Waals surface area contributed by atoms with E-state index in [2.05, 4.69) is 12.2 Å². The number of methoxy groups -OCH3 is 1. The molecule has 1 atom stereocenters. The van der Waals surface area contributed by atoms with Gasteiger partial charge in [0.1, 0.15) is 0 Å². The van der Waals surface area contributed by atoms with Crippen LogP contribution in [0.25, 0.3) is 0 Å². The Kier molecular flexibility index (Phi) is 7.87. The SMILES string of the molecule is COCCCCN[C@@H](C)C1CCCCCC1. The molecule has 0 aliphatic heterocycles. The smallest absolute Gasteiger partial charge is 0.0462 e. The summed E-state index contributed by atoms with van der Waals surface area (Å²) in [5.41, 5.74) is 0. The van der Waals surface area contributed by atoms with Crippen LogP contribution in [0.3, 0.4) is 0 Å². The van der Waals surface area contributed by atoms with E-state index in [4.69, 9.17) is 4.74 Å². The molecule has 0 heterocycles. The number of nitrogens with one attached hydrogen (secondary N) is 1. The van der Waals surface area contributed by atoms with Crippen molar-refractivity contribution in [2.24, 2.45) is 5.92 Å². The molecule has 0 aromatic heterocycles. The van der Waals surface area contributed by atoms with Crippen molar-refractivity contribution in [1.82, 2.24) is 5.32 Å². The second kappa shape index (κ2) is 9.00. The Labute approximate surface area is 101 Å². The summed E-state index contributed by atoms with van der Waals surface area (Å²) in [6, 6.07) is 0.709. The molecular weight excluding hydrogens is 198 g/mol. The summed E-state index contributed by atoms with van der Waals surface area (Å²) in [5, 5.41) is 3.68. The Hall–Kier alpha value is -0.0800. The van der Waals surface area contributed by atoms with E-state index in [1.165, 1.54) is 51.4 Å². The number of hydrogen-bond acceptors (Lipinski definition) is 2. The van der Waals surface area contributed by atoms with Crippen LogP contribution < -0.4 is 5.32 Å². The van der Waals surface area contributed by atoms with E-state index in [0.29, 0.717) is 6.04 Å². The summed E-state index contributed by atoms with van der Waals surface area (Å²) in [6.07, 6.45) is 11.1. The van der Waals surface area contributed by atoms with Crippen molar-refractivity contribution in [3.63, 3.8) is 0 Å². The molecule has 1 fully saturated rings. The van der Waals surface area contributed by atoms with Gasteiger partial charge in [0.05, 0.1) is 0 Å². The summed E-state index contributed by atoms with van der Waals surface area (Å²) in [5.74, 6) is 0.921. The Bertz CT molecular complexity index is 153. The minimum Gasteiger partial charge on any atom is -0.385 e. The third-order valence-electron chi connectivity index (χ3n) is 3.85. The number of ether oxygens (including phenoxy) is 1. The minimum absolute atomic E-state index is 0.709. The molecule has 96 valence electrons. The fraction of sp³-hybridized carbons (Fsp3) is 1.00. The lowest BCUT2D eigenvalue weighted by atomic mass is 9.93. The van der Waals surface area contributed by atoms with Gasteiger partial charge < -0.3 is 10.1 Å². The molecule has 0 unspecified atom stereocenters. The molecule has 0 spiro atoms. The standard InChI is InChI=1S/C14H29NO/c1-13(15-11-7-8-12-16-2)14-9-5-3-4-6-10-14/h13-15H,3-12H2,1-2H3/t13-/m0/s1. The lowest BCUT2D eigenvalue weighted by Crippen LogP contribution is -2.34. The Morgan fingerprint density at radius 2 is 1.81 bits per heavy atom. The molecule has 0 bridgehead atoms. The predicted octanol–water partition coefficient (Wildman–Crippen LogP) is 3.36. The molecule has 0 aromatic rings. The first-order valence-electron chi connectivity index (χ1n) is 7.07. The van der Waals surface area contributed by atoms with Gasteiger partial charge >= 0.3 is 0 Å². The maximum atomic E-state index is 5.05. The fourth-order valence-electron chi connectivity index (χ4n) is 2.68. The van der Waals surface area contributed by atoms with Crippen molar-refractivity contribution in [2.75, 3.05) is 20.3 Å². The second-order valence-electron chi connectivity index (χ2n) is 5.19. The number of hydrogen-bond donors (Lipinski definition) is 1. The average Bonchev–Trinajstić information content (AvgIpc) is 2.57. The van der Waals surface area contributed by atoms with Crippen LogP contribution >= 0.6 is 0 Å². The summed E-state index contributed by atoms with van der Waals surface area (Å²) in [7, 11) is 1.78. The van der Waals surface area contributed by atoms with Gasteiger partial charge in [0.2, 0.25) is 0 Å². The monoisotopic (exact) mass is 227 g/mol. The van der Waals surface area contributed by atoms with Crippen LogP contribution in [-0.2, 0) is 4.74 Å². The van der Waals surface area contributed by atoms with Gasteiger partial charge in [-0.3, -0.25) is 0 Å². The minimum atomic E-state index is 0.709. The van der Waals surface area contributed by atoms with Crippen LogP contribution in [-0.4, -0.2) is 26.3 Å². The largest absolute Gasteiger partial charge is 0.385 e. The first-order valence-corrected chi connectivity index (χ1v) is 7.07. The van der Waals surface area contributed by atoms with Gasteiger partial charge in [-0.05, 0) is 45.1 Å². The summed E-state index contributed by atoms with van der Waals surface area (Å²) in [4.78, 5) is 0. The molecule has 0 aromatic carbocycles. The van der Waals surface area contributed by atoms with Crippen LogP contribution in [0, 0.1) is 5.92 Å². The number of rotatable bonds is 7. The van der Waals surface area contributed by atoms with Gasteiger partial charge in [-0.15, -0.1) is 0 Å². The van der Waals surface area contributed by atoms with Crippen molar-refractivity contribution < 1.29 is 4.74 Å². The lowest BCUT2D eigenvalue weighted by molar-refractivity contribution is 0.191. The quantitative estimate of drug-likeness (QED) is 0.532. The maximum absolute atomic E-state index is 5.05. The van der Waals surface area contributed by atoms with E-state index in [0.717, 1.165) is 19.1 Å². The van der Waals surface area contributed by atoms with Crippen molar-refractivity contribution in [3.8, 4) is 0 Å². The normalized spacial score (nSPS) is 20.6. The molecular formula is C14H29NO. The van der Waals surface area contributed by atoms with Crippen LogP contribution in [0.4, 0.5) is 0 Å². The third-order valence-corrected chi connectivity index (χ3v) is 3.85. The third kappa shape index (κ3) is 5.86. The first kappa shape index (κ1) is 14.0. The van der Waals surface area contributed by atoms with Crippen molar-refractivity contribution in [3.05, 3.63) is 0 Å². The molecule has 1 aliphatic carbocycles. The van der Waals surface area contributed by atoms with Crippen LogP contribution in [0.15, 0.2) is 0 Å². The molecule has 1 aliphatic rings. The Balaban J connectivity index is 2.05. The van der Waals surface area contributed by atoms with E-state index >= 15 is 0 Å². The Morgan fingerprint density at radius 3 is 2.44 bits per heavy atom. The van der Waals surface area contributed by atoms with E-state index in [1.807, 2.05) is 0 Å². The molecule has 0 radical (unpaired) electrons. The van der Waals surface area contributed by atoms with E-state index in [-0.39, 0.29) is 0 Å². The molecule has 0 amide bonds. The van der Waals surface area contributed by atoms with Gasteiger partial charge in [-0.2, -0.15) is 0 Å². The molecule has 2 heteroatoms. The zero-order valence-corrected chi connectivity index (χ0v) is 11.1. The van der Waals surface area contributed by atoms with Crippen LogP contribution in [0.1, 0.15) is 58.3 Å². The first-order chi connectivity index (χ1) is 7.84. The highest BCUT2D eigenvalue weighted by atomic mass is 16.5. The lowest BCUT2D eigenvalue weighted by Gasteiger charge is -2.23. The van der Waals surface area contributed by atoms with E-state index in [9.17, 15) is 0 Å². The molecule has 2 nitrogen and oxygen atoms in total. The van der Waals surface area contributed by atoms with Crippen molar-refractivity contribution in [1.29, 1.82) is 0 Å². The highest BCUT2D eigenvalue weighted by Crippen LogP contribution is 2.25. The van der Waals surface area contributed by atoms with Gasteiger partial charge in [0.25, 0.3) is 0 Å². The summed E-state index contributed by atoms with van der Waals surface area (Å²) in [6.45, 7) is 4.42. The van der Waals surface area contributed by atoms with Gasteiger partial charge in [0, 0.05) is 19.8 Å². The topological polar surface area (TPSA) is 21.3 Å². The van der Waals surface area contributed by atoms with Gasteiger partial charge in [-0.25, -0.2) is 0 Å². The van der Waals surface area contributed by atoms with Gasteiger partial charge in [0.15, 0.2) is 0 Å². The number of unbranched alkanes of at least 4 members (excludes halogenated alkanes) is 1. The van der Waals surface area contributed by atoms with Crippen molar-refractivity contribution in [2.45, 2.75) is 64.3 Å². The van der Waals surface area contributed by atoms with Crippen molar-refractivity contribution >= 4 is 0 Å². The van der Waals surface area contributed by atoms with E-state index < -0.39 is 0 Å². The Morgan fingerprint density at radius 1 is 1.12 bits per heavy atom. The highest BCUT2D eigenvalue weighted by molar-refractivity contribution is 4.74. The molecule has 1 saturated carbocycles. The van der Waals surface area contributed by atoms with Gasteiger partial charge in [-0.1, -0.05) is 25.7 Å². The zero-order chi connectivity index (χ0) is 11.6.